The number of nitrogens with zero attached hydrogens (tertiary/aromatic N) is 1. The van der Waals surface area contributed by atoms with Crippen LogP contribution in [0.3, 0.4) is 0 Å². The van der Waals surface area contributed by atoms with E-state index in [0.29, 0.717) is 31.2 Å². The van der Waals surface area contributed by atoms with Crippen molar-refractivity contribution in [2.24, 2.45) is 5.92 Å². The number of rotatable bonds is 7. The van der Waals surface area contributed by atoms with Gasteiger partial charge >= 0.3 is 0 Å². The first kappa shape index (κ1) is 23.3. The topological polar surface area (TPSA) is 75.7 Å². The highest BCUT2D eigenvalue weighted by molar-refractivity contribution is 7.89. The van der Waals surface area contributed by atoms with Gasteiger partial charge in [-0.25, -0.2) is 8.42 Å². The number of carbonyl (C=O) groups is 1. The number of para-hydroxylation sites is 1. The second-order valence-electron chi connectivity index (χ2n) is 8.51. The smallest absolute Gasteiger partial charge is 0.251 e. The lowest BCUT2D eigenvalue weighted by atomic mass is 10.0. The van der Waals surface area contributed by atoms with E-state index in [1.54, 1.807) is 12.1 Å². The molecule has 1 aliphatic heterocycles. The fraction of sp³-hybridized carbons (Fsp3) is 0.458. The van der Waals surface area contributed by atoms with E-state index < -0.39 is 10.0 Å². The number of amides is 1. The van der Waals surface area contributed by atoms with Gasteiger partial charge in [-0.05, 0) is 68.9 Å². The Bertz CT molecular complexity index is 1030. The number of piperidine rings is 1. The van der Waals surface area contributed by atoms with Gasteiger partial charge in [0.05, 0.1) is 10.9 Å². The zero-order valence-corrected chi connectivity index (χ0v) is 19.5. The fourth-order valence-corrected chi connectivity index (χ4v) is 5.15. The SMILES string of the molecule is Cc1ccccc1OCC(C)NC(=O)c1cc(S(=O)(=O)N2CCC(C)CC2)ccc1C. The van der Waals surface area contributed by atoms with Crippen molar-refractivity contribution in [3.63, 3.8) is 0 Å². The number of sulfonamides is 1. The van der Waals surface area contributed by atoms with Crippen molar-refractivity contribution in [3.8, 4) is 5.75 Å². The molecule has 0 bridgehead atoms. The molecule has 0 spiro atoms. The number of hydrogen-bond acceptors (Lipinski definition) is 4. The molecule has 1 unspecified atom stereocenters. The molecule has 2 aromatic carbocycles. The molecule has 0 aromatic heterocycles. The van der Waals surface area contributed by atoms with Crippen molar-refractivity contribution in [1.82, 2.24) is 9.62 Å². The molecule has 1 N–H and O–H groups in total. The first-order chi connectivity index (χ1) is 14.7. The minimum atomic E-state index is -3.61. The molecule has 0 radical (unpaired) electrons. The molecule has 1 saturated heterocycles. The van der Waals surface area contributed by atoms with Crippen LogP contribution in [0, 0.1) is 19.8 Å². The lowest BCUT2D eigenvalue weighted by molar-refractivity contribution is 0.0925. The maximum Gasteiger partial charge on any atom is 0.251 e. The highest BCUT2D eigenvalue weighted by atomic mass is 32.2. The molecule has 7 heteroatoms. The second kappa shape index (κ2) is 9.83. The van der Waals surface area contributed by atoms with Crippen LogP contribution in [0.15, 0.2) is 47.4 Å². The Balaban J connectivity index is 1.69. The summed E-state index contributed by atoms with van der Waals surface area (Å²) >= 11 is 0. The summed E-state index contributed by atoms with van der Waals surface area (Å²) < 4.78 is 33.5. The summed E-state index contributed by atoms with van der Waals surface area (Å²) in [5.41, 5.74) is 2.13. The maximum absolute atomic E-state index is 13.1. The molecule has 0 aliphatic carbocycles. The van der Waals surface area contributed by atoms with Crippen LogP contribution in [0.1, 0.15) is 48.2 Å². The van der Waals surface area contributed by atoms with Crippen LogP contribution >= 0.6 is 0 Å². The van der Waals surface area contributed by atoms with Gasteiger partial charge in [-0.2, -0.15) is 4.31 Å². The van der Waals surface area contributed by atoms with E-state index in [4.69, 9.17) is 4.74 Å². The Labute approximate surface area is 185 Å². The van der Waals surface area contributed by atoms with Crippen molar-refractivity contribution in [3.05, 3.63) is 59.2 Å². The number of carbonyl (C=O) groups excluding carboxylic acids is 1. The largest absolute Gasteiger partial charge is 0.491 e. The zero-order chi connectivity index (χ0) is 22.6. The van der Waals surface area contributed by atoms with E-state index in [0.717, 1.165) is 29.7 Å². The highest BCUT2D eigenvalue weighted by Gasteiger charge is 2.29. The summed E-state index contributed by atoms with van der Waals surface area (Å²) in [4.78, 5) is 13.0. The summed E-state index contributed by atoms with van der Waals surface area (Å²) in [5.74, 6) is 1.01. The monoisotopic (exact) mass is 444 g/mol. The van der Waals surface area contributed by atoms with Gasteiger partial charge in [0, 0.05) is 18.7 Å². The minimum Gasteiger partial charge on any atom is -0.491 e. The third kappa shape index (κ3) is 5.66. The molecule has 1 heterocycles. The van der Waals surface area contributed by atoms with Crippen LogP contribution in [0.4, 0.5) is 0 Å². The van der Waals surface area contributed by atoms with Crippen molar-refractivity contribution in [1.29, 1.82) is 0 Å². The van der Waals surface area contributed by atoms with Crippen LogP contribution in [-0.2, 0) is 10.0 Å². The predicted octanol–water partition coefficient (Wildman–Crippen LogP) is 3.92. The second-order valence-corrected chi connectivity index (χ2v) is 10.5. The van der Waals surface area contributed by atoms with E-state index in [1.165, 1.54) is 10.4 Å². The van der Waals surface area contributed by atoms with Gasteiger partial charge in [0.1, 0.15) is 12.4 Å². The van der Waals surface area contributed by atoms with Crippen molar-refractivity contribution in [2.45, 2.75) is 51.5 Å². The van der Waals surface area contributed by atoms with Crippen molar-refractivity contribution >= 4 is 15.9 Å². The van der Waals surface area contributed by atoms with Crippen molar-refractivity contribution < 1.29 is 17.9 Å². The summed E-state index contributed by atoms with van der Waals surface area (Å²) in [7, 11) is -3.61. The van der Waals surface area contributed by atoms with Gasteiger partial charge in [0.2, 0.25) is 10.0 Å². The van der Waals surface area contributed by atoms with Crippen molar-refractivity contribution in [2.75, 3.05) is 19.7 Å². The lowest BCUT2D eigenvalue weighted by Crippen LogP contribution is -2.38. The lowest BCUT2D eigenvalue weighted by Gasteiger charge is -2.29. The Morgan fingerprint density at radius 3 is 2.48 bits per heavy atom. The molecule has 1 fully saturated rings. The summed E-state index contributed by atoms with van der Waals surface area (Å²) in [5, 5.41) is 2.92. The Morgan fingerprint density at radius 1 is 1.13 bits per heavy atom. The van der Waals surface area contributed by atoms with Crippen LogP contribution in [0.2, 0.25) is 0 Å². The minimum absolute atomic E-state index is 0.168. The fourth-order valence-electron chi connectivity index (χ4n) is 3.66. The third-order valence-electron chi connectivity index (χ3n) is 5.79. The molecular formula is C24H32N2O4S. The van der Waals surface area contributed by atoms with Gasteiger partial charge in [-0.15, -0.1) is 0 Å². The van der Waals surface area contributed by atoms with Gasteiger partial charge in [0.25, 0.3) is 5.91 Å². The molecule has 1 atom stereocenters. The molecule has 3 rings (SSSR count). The maximum atomic E-state index is 13.1. The van der Waals surface area contributed by atoms with Gasteiger partial charge in [0.15, 0.2) is 0 Å². The summed E-state index contributed by atoms with van der Waals surface area (Å²) in [6.45, 7) is 9.14. The molecule has 0 saturated carbocycles. The van der Waals surface area contributed by atoms with Gasteiger partial charge in [-0.1, -0.05) is 31.2 Å². The molecule has 2 aromatic rings. The Kier molecular flexibility index (Phi) is 7.38. The summed E-state index contributed by atoms with van der Waals surface area (Å²) in [6, 6.07) is 12.3. The predicted molar refractivity (Wildman–Crippen MR) is 122 cm³/mol. The number of nitrogens with one attached hydrogen (secondary N) is 1. The van der Waals surface area contributed by atoms with E-state index >= 15 is 0 Å². The van der Waals surface area contributed by atoms with E-state index in [1.807, 2.05) is 45.0 Å². The number of ether oxygens (including phenoxy) is 1. The third-order valence-corrected chi connectivity index (χ3v) is 7.69. The average molecular weight is 445 g/mol. The normalized spacial score (nSPS) is 16.6. The number of aryl methyl sites for hydroxylation is 2. The highest BCUT2D eigenvalue weighted by Crippen LogP contribution is 2.25. The first-order valence-electron chi connectivity index (χ1n) is 10.8. The van der Waals surface area contributed by atoms with Gasteiger partial charge < -0.3 is 10.1 Å². The molecular weight excluding hydrogens is 412 g/mol. The molecule has 6 nitrogen and oxygen atoms in total. The quantitative estimate of drug-likeness (QED) is 0.702. The zero-order valence-electron chi connectivity index (χ0n) is 18.7. The van der Waals surface area contributed by atoms with Crippen LogP contribution in [0.5, 0.6) is 5.75 Å². The van der Waals surface area contributed by atoms with E-state index in [9.17, 15) is 13.2 Å². The van der Waals surface area contributed by atoms with Crippen LogP contribution in [-0.4, -0.2) is 44.4 Å². The standard InChI is InChI=1S/C24H32N2O4S/c1-17-11-13-26(14-12-17)31(28,29)21-10-9-18(2)22(15-21)24(27)25-20(4)16-30-23-8-6-5-7-19(23)3/h5-10,15,17,20H,11-14,16H2,1-4H3,(H,25,27). The van der Waals surface area contributed by atoms with E-state index in [2.05, 4.69) is 12.2 Å². The average Bonchev–Trinajstić information content (AvgIpc) is 2.73. The molecule has 1 aliphatic rings. The Hall–Kier alpha value is -2.38. The molecule has 168 valence electrons. The van der Waals surface area contributed by atoms with Crippen LogP contribution < -0.4 is 10.1 Å². The summed E-state index contributed by atoms with van der Waals surface area (Å²) in [6.07, 6.45) is 1.72. The number of benzene rings is 2. The van der Waals surface area contributed by atoms with E-state index in [-0.39, 0.29) is 16.8 Å². The molecule has 1 amide bonds. The Morgan fingerprint density at radius 2 is 1.81 bits per heavy atom. The molecule has 31 heavy (non-hydrogen) atoms. The number of hydrogen-bond donors (Lipinski definition) is 1. The first-order valence-corrected chi connectivity index (χ1v) is 12.2. The van der Waals surface area contributed by atoms with Gasteiger partial charge in [-0.3, -0.25) is 4.79 Å². The van der Waals surface area contributed by atoms with Crippen LogP contribution in [0.25, 0.3) is 0 Å².